The van der Waals surface area contributed by atoms with Crippen LogP contribution in [0.2, 0.25) is 0 Å². The van der Waals surface area contributed by atoms with E-state index in [1.165, 1.54) is 6.92 Å². The third kappa shape index (κ3) is 17.9. The standard InChI is InChI=1S/C78H128O33/c1-39-60(107-66-57(93)52(88)45(85)34-101-66)55(91)59(95)67(104-39)109-62-61(108-70-63(96)78(98,37-81)38-103-70)47(105-50(86)20-16-12-8-10-14-18-40(82)19-15-11-9-13-17-29-99-65-56(92)51(87)44(84)33-100-65)35-102-69(62)111-71(97)77-27-25-72(2,3)30-42(77)41-21-22-49-73(4)31-43(83)64(110-68-58(94)54(90)53(89)46(32-79)106-68)74(5,36-80)48(73)23-24-76(49,7)75(41,6)26-28-77/h21,39,42-49,51-70,79-81,83-85,87-96,98H,8-20,22-38H2,1-7H3/t39-,42-,43-,44+,45+,46+,47-,48+,49+,51-,52-,53+,54-,55-,56+,57+,58+,59+,60-,61-,62+,63-,64-,65+,66-,67-,68-,69-,70-,73-,74-,75+,76+,77-,78+/m0/s1. The minimum Gasteiger partial charge on any atom is -0.457 e. The molecule has 5 aliphatic carbocycles. The van der Waals surface area contributed by atoms with Crippen LogP contribution in [0.4, 0.5) is 0 Å². The summed E-state index contributed by atoms with van der Waals surface area (Å²) in [6, 6.07) is 0. The SMILES string of the molecule is C[C@@H]1O[C@@H](O[C@H]2[C@H](OC(=O)[C@]34CCC(C)(C)C[C@H]3C3=CC[C@@H]5[C@@]6(C)C[C@H](O)[C@H](O[C@@H]7O[C@H](CO)[C@@H](O)[C@H](O)[C@H]7O)[C@@](C)(CO)[C@@H]6CC[C@@]5(C)[C@]3(C)CC4)OC[C@H](OC(=O)CCCCCCCC(=O)CCCCCCCO[C@@H]3OC[C@@H](O)[C@H](O)[C@H]3O)[C@@H]2O[C@@H]2OC[C@](O)(CO)[C@H]2O)[C@H](O)[C@H](O)[C@H]1O[C@@H]1OC[C@@H](O)[C@H](O)[C@H]1O. The summed E-state index contributed by atoms with van der Waals surface area (Å²) in [6.07, 6.45) is -26.4. The number of allylic oxidation sites excluding steroid dienone is 2. The maximum absolute atomic E-state index is 16.2. The molecule has 17 N–H and O–H groups in total. The van der Waals surface area contributed by atoms with Gasteiger partial charge in [0.1, 0.15) is 103 Å². The first-order chi connectivity index (χ1) is 52.5. The normalized spacial score (nSPS) is 47.7. The van der Waals surface area contributed by atoms with Crippen molar-refractivity contribution in [2.75, 3.05) is 52.9 Å². The molecule has 4 saturated carbocycles. The highest BCUT2D eigenvalue weighted by molar-refractivity contribution is 5.79. The van der Waals surface area contributed by atoms with Crippen molar-refractivity contribution in [3.8, 4) is 0 Å². The number of hydrogen-bond acceptors (Lipinski definition) is 33. The topological polar surface area (TPSA) is 515 Å². The predicted octanol–water partition coefficient (Wildman–Crippen LogP) is -0.674. The number of carbonyl (C=O) groups is 3. The van der Waals surface area contributed by atoms with Gasteiger partial charge in [0.2, 0.25) is 6.29 Å². The molecule has 0 spiro atoms. The lowest BCUT2D eigenvalue weighted by atomic mass is 9.33. The second-order valence-electron chi connectivity index (χ2n) is 35.8. The van der Waals surface area contributed by atoms with Crippen molar-refractivity contribution in [2.45, 2.75) is 355 Å². The Morgan fingerprint density at radius 1 is 0.514 bits per heavy atom. The molecular formula is C78H128O33. The zero-order chi connectivity index (χ0) is 80.7. The Balaban J connectivity index is 0.793. The molecule has 35 atom stereocenters. The van der Waals surface area contributed by atoms with E-state index in [0.717, 1.165) is 37.7 Å². The van der Waals surface area contributed by atoms with E-state index in [1.54, 1.807) is 0 Å². The van der Waals surface area contributed by atoms with Crippen LogP contribution in [-0.4, -0.2) is 323 Å². The molecule has 111 heavy (non-hydrogen) atoms. The van der Waals surface area contributed by atoms with Crippen molar-refractivity contribution in [3.63, 3.8) is 0 Å². The molecular weight excluding hydrogens is 1460 g/mol. The van der Waals surface area contributed by atoms with Gasteiger partial charge in [-0.2, -0.15) is 0 Å². The van der Waals surface area contributed by atoms with Gasteiger partial charge in [0.05, 0.1) is 70.0 Å². The quantitative estimate of drug-likeness (QED) is 0.0177. The zero-order valence-electron chi connectivity index (χ0n) is 65.2. The zero-order valence-corrected chi connectivity index (χ0v) is 65.2. The van der Waals surface area contributed by atoms with Gasteiger partial charge in [-0.3, -0.25) is 14.4 Å². The summed E-state index contributed by atoms with van der Waals surface area (Å²) in [5, 5.41) is 184. The monoisotopic (exact) mass is 1590 g/mol. The maximum Gasteiger partial charge on any atom is 0.315 e. The van der Waals surface area contributed by atoms with Gasteiger partial charge in [0.25, 0.3) is 0 Å². The Hall–Kier alpha value is -2.77. The van der Waals surface area contributed by atoms with Crippen molar-refractivity contribution >= 4 is 17.7 Å². The summed E-state index contributed by atoms with van der Waals surface area (Å²) in [6.45, 7) is 10.8. The molecule has 0 aromatic heterocycles. The van der Waals surface area contributed by atoms with Crippen LogP contribution < -0.4 is 0 Å². The number of aliphatic hydroxyl groups is 17. The van der Waals surface area contributed by atoms with Gasteiger partial charge in [0, 0.05) is 31.3 Å². The van der Waals surface area contributed by atoms with Crippen LogP contribution >= 0.6 is 0 Å². The molecule has 0 radical (unpaired) electrons. The lowest BCUT2D eigenvalue weighted by molar-refractivity contribution is -0.376. The van der Waals surface area contributed by atoms with Crippen LogP contribution in [0.3, 0.4) is 0 Å². The van der Waals surface area contributed by atoms with E-state index >= 15 is 4.79 Å². The molecule has 6 aliphatic heterocycles. The summed E-state index contributed by atoms with van der Waals surface area (Å²) >= 11 is 0. The van der Waals surface area contributed by atoms with E-state index in [1.807, 2.05) is 6.92 Å². The van der Waals surface area contributed by atoms with E-state index in [0.29, 0.717) is 103 Å². The molecule has 6 heterocycles. The van der Waals surface area contributed by atoms with Gasteiger partial charge in [-0.15, -0.1) is 0 Å². The highest BCUT2D eigenvalue weighted by Gasteiger charge is 2.72. The van der Waals surface area contributed by atoms with Crippen molar-refractivity contribution in [1.82, 2.24) is 0 Å². The Morgan fingerprint density at radius 3 is 1.74 bits per heavy atom. The van der Waals surface area contributed by atoms with Crippen molar-refractivity contribution in [1.29, 1.82) is 0 Å². The molecule has 11 aliphatic rings. The summed E-state index contributed by atoms with van der Waals surface area (Å²) in [5.74, 6) is -2.02. The molecule has 33 heteroatoms. The highest BCUT2D eigenvalue weighted by Crippen LogP contribution is 2.76. The minimum atomic E-state index is -2.24. The molecule has 0 unspecified atom stereocenters. The van der Waals surface area contributed by atoms with E-state index in [2.05, 4.69) is 40.7 Å². The number of hydrogen-bond donors (Lipinski definition) is 17. The average Bonchev–Trinajstić information content (AvgIpc) is 0.866. The van der Waals surface area contributed by atoms with Gasteiger partial charge in [0.15, 0.2) is 43.7 Å². The number of esters is 2. The first-order valence-corrected chi connectivity index (χ1v) is 40.5. The number of fused-ring (bicyclic) bond motifs is 7. The summed E-state index contributed by atoms with van der Waals surface area (Å²) in [5.41, 5.74) is -5.46. The average molecular weight is 1590 g/mol. The van der Waals surface area contributed by atoms with Crippen LogP contribution in [0.5, 0.6) is 0 Å². The Morgan fingerprint density at radius 2 is 1.09 bits per heavy atom. The van der Waals surface area contributed by atoms with Crippen LogP contribution in [0.15, 0.2) is 11.6 Å². The van der Waals surface area contributed by atoms with Gasteiger partial charge < -0.3 is 148 Å². The lowest BCUT2D eigenvalue weighted by Crippen LogP contribution is -2.69. The molecule has 0 aromatic carbocycles. The van der Waals surface area contributed by atoms with E-state index in [9.17, 15) is 96.4 Å². The summed E-state index contributed by atoms with van der Waals surface area (Å²) < 4.78 is 79.0. The summed E-state index contributed by atoms with van der Waals surface area (Å²) in [7, 11) is 0. The van der Waals surface area contributed by atoms with Crippen molar-refractivity contribution in [2.24, 2.45) is 50.2 Å². The Bertz CT molecular complexity index is 3090. The largest absolute Gasteiger partial charge is 0.457 e. The van der Waals surface area contributed by atoms with Crippen LogP contribution in [0, 0.1) is 50.2 Å². The molecule has 0 aromatic rings. The molecule has 11 rings (SSSR count). The van der Waals surface area contributed by atoms with Crippen LogP contribution in [-0.2, 0) is 76.0 Å². The maximum atomic E-state index is 16.2. The number of ketones is 1. The number of aliphatic hydroxyl groups excluding tert-OH is 16. The first-order valence-electron chi connectivity index (χ1n) is 40.5. The third-order valence-electron chi connectivity index (χ3n) is 28.0. The van der Waals surface area contributed by atoms with Crippen molar-refractivity contribution < 1.29 is 163 Å². The van der Waals surface area contributed by atoms with Gasteiger partial charge in [-0.25, -0.2) is 0 Å². The second-order valence-corrected chi connectivity index (χ2v) is 35.8. The Kier molecular flexibility index (Phi) is 29.2. The van der Waals surface area contributed by atoms with E-state index in [4.69, 9.17) is 61.6 Å². The summed E-state index contributed by atoms with van der Waals surface area (Å²) in [4.78, 5) is 43.2. The molecule has 0 amide bonds. The van der Waals surface area contributed by atoms with Gasteiger partial charge in [-0.1, -0.05) is 91.7 Å². The number of Topliss-reactive ketones (excluding diaryl/α,β-unsaturated/α-hetero) is 1. The fourth-order valence-electron chi connectivity index (χ4n) is 20.9. The number of rotatable bonds is 31. The number of unbranched alkanes of at least 4 members (excludes halogenated alkanes) is 8. The molecule has 0 bridgehead atoms. The Labute approximate surface area is 648 Å². The first kappa shape index (κ1) is 89.0. The molecule has 6 saturated heterocycles. The fourth-order valence-corrected chi connectivity index (χ4v) is 20.9. The van der Waals surface area contributed by atoms with E-state index in [-0.39, 0.29) is 42.5 Å². The van der Waals surface area contributed by atoms with Gasteiger partial charge >= 0.3 is 11.9 Å². The fraction of sp³-hybridized carbons (Fsp3) is 0.936. The highest BCUT2D eigenvalue weighted by atomic mass is 16.8. The second kappa shape index (κ2) is 36.4. The number of carbonyl (C=O) groups excluding carboxylic acids is 3. The van der Waals surface area contributed by atoms with E-state index < -0.39 is 250 Å². The van der Waals surface area contributed by atoms with Gasteiger partial charge in [-0.05, 0) is 130 Å². The minimum absolute atomic E-state index is 0.0926. The predicted molar refractivity (Wildman–Crippen MR) is 381 cm³/mol. The molecule has 638 valence electrons. The van der Waals surface area contributed by atoms with Crippen molar-refractivity contribution in [3.05, 3.63) is 11.6 Å². The third-order valence-corrected chi connectivity index (χ3v) is 28.0. The molecule has 10 fully saturated rings. The van der Waals surface area contributed by atoms with Crippen LogP contribution in [0.25, 0.3) is 0 Å². The molecule has 33 nitrogen and oxygen atoms in total. The smallest absolute Gasteiger partial charge is 0.315 e. The van der Waals surface area contributed by atoms with Crippen LogP contribution in [0.1, 0.15) is 190 Å². The lowest BCUT2D eigenvalue weighted by Gasteiger charge is -2.72. The number of ether oxygens (including phenoxy) is 13.